The predicted octanol–water partition coefficient (Wildman–Crippen LogP) is 0.207. The zero-order valence-corrected chi connectivity index (χ0v) is 8.73. The lowest BCUT2D eigenvalue weighted by Crippen LogP contribution is -2.41. The van der Waals surface area contributed by atoms with Gasteiger partial charge in [-0.05, 0) is 19.9 Å². The smallest absolute Gasteiger partial charge is 0.334 e. The summed E-state index contributed by atoms with van der Waals surface area (Å²) in [5.41, 5.74) is 0.434. The molecule has 0 aromatic heterocycles. The van der Waals surface area contributed by atoms with Crippen molar-refractivity contribution in [1.82, 2.24) is 0 Å². The fourth-order valence-electron chi connectivity index (χ4n) is 1.20. The first-order valence-electron chi connectivity index (χ1n) is 4.33. The van der Waals surface area contributed by atoms with Crippen molar-refractivity contribution < 1.29 is 19.7 Å². The lowest BCUT2D eigenvalue weighted by Gasteiger charge is -2.23. The average Bonchev–Trinajstić information content (AvgIpc) is 2.44. The van der Waals surface area contributed by atoms with Gasteiger partial charge < -0.3 is 14.9 Å². The molecule has 4 nitrogen and oxygen atoms in total. The number of rotatable bonds is 3. The number of aliphatic hydroxyl groups excluding tert-OH is 2. The van der Waals surface area contributed by atoms with Gasteiger partial charge in [-0.15, -0.1) is 11.6 Å². The molecule has 1 heterocycles. The number of esters is 1. The van der Waals surface area contributed by atoms with Crippen LogP contribution in [0.5, 0.6) is 0 Å². The summed E-state index contributed by atoms with van der Waals surface area (Å²) in [6.45, 7) is 3.15. The van der Waals surface area contributed by atoms with Crippen molar-refractivity contribution in [2.24, 2.45) is 0 Å². The Hall–Kier alpha value is -0.580. The Morgan fingerprint density at radius 3 is 2.50 bits per heavy atom. The third kappa shape index (κ3) is 2.26. The second kappa shape index (κ2) is 4.29. The highest BCUT2D eigenvalue weighted by molar-refractivity contribution is 6.20. The van der Waals surface area contributed by atoms with Crippen LogP contribution in [0.3, 0.4) is 0 Å². The normalized spacial score (nSPS) is 27.9. The van der Waals surface area contributed by atoms with E-state index in [0.717, 1.165) is 0 Å². The topological polar surface area (TPSA) is 66.8 Å². The summed E-state index contributed by atoms with van der Waals surface area (Å²) in [7, 11) is 0. The van der Waals surface area contributed by atoms with E-state index in [1.165, 1.54) is 6.08 Å². The van der Waals surface area contributed by atoms with E-state index < -0.39 is 29.7 Å². The van der Waals surface area contributed by atoms with Crippen molar-refractivity contribution in [2.45, 2.75) is 37.5 Å². The molecule has 0 spiro atoms. The molecule has 4 unspecified atom stereocenters. The number of hydrogen-bond acceptors (Lipinski definition) is 4. The van der Waals surface area contributed by atoms with E-state index in [4.69, 9.17) is 16.3 Å². The van der Waals surface area contributed by atoms with Gasteiger partial charge in [0, 0.05) is 5.57 Å². The van der Waals surface area contributed by atoms with E-state index in [0.29, 0.717) is 5.57 Å². The maximum absolute atomic E-state index is 11.0. The maximum Gasteiger partial charge on any atom is 0.334 e. The van der Waals surface area contributed by atoms with Gasteiger partial charge in [-0.25, -0.2) is 4.79 Å². The van der Waals surface area contributed by atoms with E-state index in [-0.39, 0.29) is 0 Å². The first-order chi connectivity index (χ1) is 6.43. The van der Waals surface area contributed by atoms with Gasteiger partial charge >= 0.3 is 5.97 Å². The fraction of sp³-hybridized carbons (Fsp3) is 0.667. The SMILES string of the molecule is CC1=CC(C(O)C(O)C(C)Cl)OC1=O. The monoisotopic (exact) mass is 220 g/mol. The second-order valence-corrected chi connectivity index (χ2v) is 4.07. The predicted molar refractivity (Wildman–Crippen MR) is 51.0 cm³/mol. The number of ether oxygens (including phenoxy) is 1. The van der Waals surface area contributed by atoms with Gasteiger partial charge in [0.2, 0.25) is 0 Å². The van der Waals surface area contributed by atoms with Crippen LogP contribution in [0.4, 0.5) is 0 Å². The first-order valence-corrected chi connectivity index (χ1v) is 4.76. The Labute approximate surface area is 87.1 Å². The molecule has 14 heavy (non-hydrogen) atoms. The lowest BCUT2D eigenvalue weighted by atomic mass is 10.1. The van der Waals surface area contributed by atoms with Crippen molar-refractivity contribution in [3.63, 3.8) is 0 Å². The molecule has 2 N–H and O–H groups in total. The third-order valence-corrected chi connectivity index (χ3v) is 2.39. The van der Waals surface area contributed by atoms with Crippen LogP contribution in [0, 0.1) is 0 Å². The fourth-order valence-corrected chi connectivity index (χ4v) is 1.35. The Bertz CT molecular complexity index is 262. The molecule has 0 saturated heterocycles. The molecule has 80 valence electrons. The molecule has 1 aliphatic heterocycles. The number of halogens is 1. The van der Waals surface area contributed by atoms with Crippen molar-refractivity contribution in [1.29, 1.82) is 0 Å². The van der Waals surface area contributed by atoms with Crippen LogP contribution >= 0.6 is 11.6 Å². The number of hydrogen-bond donors (Lipinski definition) is 2. The molecule has 0 aromatic rings. The van der Waals surface area contributed by atoms with E-state index in [1.54, 1.807) is 13.8 Å². The van der Waals surface area contributed by atoms with Crippen LogP contribution in [0.1, 0.15) is 13.8 Å². The van der Waals surface area contributed by atoms with Crippen LogP contribution in [-0.2, 0) is 9.53 Å². The van der Waals surface area contributed by atoms with Crippen molar-refractivity contribution in [3.05, 3.63) is 11.6 Å². The standard InChI is InChI=1S/C9H13ClO4/c1-4-3-6(14-9(4)13)8(12)7(11)5(2)10/h3,5-8,11-12H,1-2H3. The molecule has 0 aromatic carbocycles. The number of alkyl halides is 1. The minimum Gasteiger partial charge on any atom is -0.452 e. The van der Waals surface area contributed by atoms with Crippen molar-refractivity contribution in [2.75, 3.05) is 0 Å². The van der Waals surface area contributed by atoms with E-state index in [1.807, 2.05) is 0 Å². The van der Waals surface area contributed by atoms with Crippen LogP contribution in [0.15, 0.2) is 11.6 Å². The van der Waals surface area contributed by atoms with Gasteiger partial charge in [-0.2, -0.15) is 0 Å². The van der Waals surface area contributed by atoms with Gasteiger partial charge in [-0.3, -0.25) is 0 Å². The summed E-state index contributed by atoms with van der Waals surface area (Å²) in [6, 6.07) is 0. The van der Waals surface area contributed by atoms with Gasteiger partial charge in [-0.1, -0.05) is 0 Å². The first kappa shape index (κ1) is 11.5. The summed E-state index contributed by atoms with van der Waals surface area (Å²) >= 11 is 5.60. The second-order valence-electron chi connectivity index (χ2n) is 3.38. The molecule has 5 heteroatoms. The van der Waals surface area contributed by atoms with Crippen LogP contribution in [0.25, 0.3) is 0 Å². The molecule has 0 amide bonds. The Kier molecular flexibility index (Phi) is 3.53. The zero-order valence-electron chi connectivity index (χ0n) is 7.98. The van der Waals surface area contributed by atoms with Gasteiger partial charge in [0.05, 0.1) is 11.5 Å². The summed E-state index contributed by atoms with van der Waals surface area (Å²) in [4.78, 5) is 11.0. The summed E-state index contributed by atoms with van der Waals surface area (Å²) < 4.78 is 4.81. The minimum atomic E-state index is -1.18. The third-order valence-electron chi connectivity index (χ3n) is 2.14. The summed E-state index contributed by atoms with van der Waals surface area (Å²) in [5.74, 6) is -0.469. The molecule has 0 radical (unpaired) electrons. The Morgan fingerprint density at radius 1 is 1.57 bits per heavy atom. The molecule has 1 aliphatic rings. The lowest BCUT2D eigenvalue weighted by molar-refractivity contribution is -0.146. The van der Waals surface area contributed by atoms with Crippen LogP contribution in [0.2, 0.25) is 0 Å². The maximum atomic E-state index is 11.0. The number of carbonyl (C=O) groups is 1. The Balaban J connectivity index is 2.64. The van der Waals surface area contributed by atoms with E-state index in [9.17, 15) is 15.0 Å². The van der Waals surface area contributed by atoms with Gasteiger partial charge in [0.1, 0.15) is 12.2 Å². The highest BCUT2D eigenvalue weighted by Crippen LogP contribution is 2.20. The molecule has 4 atom stereocenters. The summed E-state index contributed by atoms with van der Waals surface area (Å²) in [6.07, 6.45) is -1.60. The summed E-state index contributed by atoms with van der Waals surface area (Å²) in [5, 5.41) is 18.4. The molecule has 0 fully saturated rings. The zero-order chi connectivity index (χ0) is 10.9. The van der Waals surface area contributed by atoms with Crippen LogP contribution in [-0.4, -0.2) is 39.9 Å². The minimum absolute atomic E-state index is 0.434. The van der Waals surface area contributed by atoms with E-state index in [2.05, 4.69) is 0 Å². The van der Waals surface area contributed by atoms with Crippen LogP contribution < -0.4 is 0 Å². The van der Waals surface area contributed by atoms with Crippen molar-refractivity contribution >= 4 is 17.6 Å². The molecular weight excluding hydrogens is 208 g/mol. The molecule has 0 aliphatic carbocycles. The average molecular weight is 221 g/mol. The largest absolute Gasteiger partial charge is 0.452 e. The highest BCUT2D eigenvalue weighted by Gasteiger charge is 2.34. The molecule has 0 bridgehead atoms. The quantitative estimate of drug-likeness (QED) is 0.527. The van der Waals surface area contributed by atoms with Crippen molar-refractivity contribution in [3.8, 4) is 0 Å². The molecular formula is C9H13ClO4. The molecule has 0 saturated carbocycles. The highest BCUT2D eigenvalue weighted by atomic mass is 35.5. The van der Waals surface area contributed by atoms with Gasteiger partial charge in [0.25, 0.3) is 0 Å². The number of cyclic esters (lactones) is 1. The Morgan fingerprint density at radius 2 is 2.14 bits per heavy atom. The van der Waals surface area contributed by atoms with Gasteiger partial charge in [0.15, 0.2) is 0 Å². The number of aliphatic hydroxyl groups is 2. The number of carbonyl (C=O) groups excluding carboxylic acids is 1. The molecule has 1 rings (SSSR count). The van der Waals surface area contributed by atoms with E-state index >= 15 is 0 Å².